The van der Waals surface area contributed by atoms with Gasteiger partial charge in [-0.05, 0) is 44.5 Å². The number of urea groups is 1. The molecular weight excluding hydrogens is 257 g/mol. The van der Waals surface area contributed by atoms with Crippen LogP contribution in [-0.4, -0.2) is 18.2 Å². The van der Waals surface area contributed by atoms with E-state index in [2.05, 4.69) is 10.6 Å². The number of nitrogens with one attached hydrogen (secondary N) is 2. The van der Waals surface area contributed by atoms with Crippen LogP contribution >= 0.6 is 12.4 Å². The molecule has 6 heteroatoms. The molecule has 0 radical (unpaired) electrons. The van der Waals surface area contributed by atoms with E-state index in [1.807, 2.05) is 0 Å². The average molecular weight is 276 g/mol. The first-order chi connectivity index (χ1) is 7.87. The summed E-state index contributed by atoms with van der Waals surface area (Å²) in [6, 6.07) is 6.45. The maximum absolute atomic E-state index is 13.1. The van der Waals surface area contributed by atoms with Crippen molar-refractivity contribution in [2.75, 3.05) is 17.6 Å². The Hall–Kier alpha value is -1.49. The van der Waals surface area contributed by atoms with Crippen LogP contribution in [0.5, 0.6) is 0 Å². The molecule has 0 heterocycles. The zero-order chi connectivity index (χ0) is 12.9. The number of nitrogens with two attached hydrogens (primary N) is 1. The predicted octanol–water partition coefficient (Wildman–Crippen LogP) is 2.95. The molecule has 0 atom stereocenters. The molecule has 4 nitrogen and oxygen atoms in total. The number of anilines is 2. The van der Waals surface area contributed by atoms with Gasteiger partial charge < -0.3 is 16.4 Å². The van der Waals surface area contributed by atoms with E-state index in [0.717, 1.165) is 0 Å². The predicted molar refractivity (Wildman–Crippen MR) is 74.9 cm³/mol. The molecule has 0 bridgehead atoms. The first-order valence-electron chi connectivity index (χ1n) is 5.46. The van der Waals surface area contributed by atoms with Crippen LogP contribution in [0.15, 0.2) is 24.3 Å². The van der Waals surface area contributed by atoms with Crippen molar-refractivity contribution >= 4 is 29.8 Å². The van der Waals surface area contributed by atoms with Gasteiger partial charge in [0, 0.05) is 17.9 Å². The fraction of sp³-hybridized carbons (Fsp3) is 0.417. The van der Waals surface area contributed by atoms with Gasteiger partial charge in [0.25, 0.3) is 0 Å². The van der Waals surface area contributed by atoms with Crippen molar-refractivity contribution < 1.29 is 9.18 Å². The lowest BCUT2D eigenvalue weighted by Crippen LogP contribution is -2.32. The minimum absolute atomic E-state index is 0. The van der Waals surface area contributed by atoms with Crippen molar-refractivity contribution in [1.29, 1.82) is 0 Å². The highest BCUT2D eigenvalue weighted by Crippen LogP contribution is 2.12. The molecule has 18 heavy (non-hydrogen) atoms. The standard InChI is InChI=1S/C12H18FN3O.ClH/c1-12(2,13)7-8-15-11(17)16-10-5-3-9(14)4-6-10;/h3-6H,7-8,14H2,1-2H3,(H2,15,16,17);1H. The molecule has 0 saturated carbocycles. The zero-order valence-electron chi connectivity index (χ0n) is 10.5. The molecule has 0 aliphatic carbocycles. The van der Waals surface area contributed by atoms with Crippen LogP contribution in [-0.2, 0) is 0 Å². The number of hydrogen-bond donors (Lipinski definition) is 3. The van der Waals surface area contributed by atoms with E-state index in [-0.39, 0.29) is 24.9 Å². The van der Waals surface area contributed by atoms with Crippen LogP contribution in [0, 0.1) is 0 Å². The lowest BCUT2D eigenvalue weighted by atomic mass is 10.1. The summed E-state index contributed by atoms with van der Waals surface area (Å²) in [6.07, 6.45) is 0.280. The molecule has 0 saturated heterocycles. The molecule has 102 valence electrons. The summed E-state index contributed by atoms with van der Waals surface area (Å²) >= 11 is 0. The zero-order valence-corrected chi connectivity index (χ0v) is 11.3. The summed E-state index contributed by atoms with van der Waals surface area (Å²) in [5, 5.41) is 5.21. The summed E-state index contributed by atoms with van der Waals surface area (Å²) < 4.78 is 13.1. The average Bonchev–Trinajstić information content (AvgIpc) is 2.19. The molecule has 1 aromatic carbocycles. The highest BCUT2D eigenvalue weighted by atomic mass is 35.5. The number of hydrogen-bond acceptors (Lipinski definition) is 2. The van der Waals surface area contributed by atoms with E-state index in [1.54, 1.807) is 24.3 Å². The molecule has 0 aliphatic heterocycles. The van der Waals surface area contributed by atoms with Crippen molar-refractivity contribution in [2.45, 2.75) is 25.9 Å². The van der Waals surface area contributed by atoms with Gasteiger partial charge in [0.2, 0.25) is 0 Å². The van der Waals surface area contributed by atoms with Crippen LogP contribution in [0.3, 0.4) is 0 Å². The number of halogens is 2. The summed E-state index contributed by atoms with van der Waals surface area (Å²) in [6.45, 7) is 3.25. The molecule has 0 spiro atoms. The van der Waals surface area contributed by atoms with Crippen molar-refractivity contribution in [1.82, 2.24) is 5.32 Å². The maximum Gasteiger partial charge on any atom is 0.319 e. The number of alkyl halides is 1. The lowest BCUT2D eigenvalue weighted by molar-refractivity contribution is 0.200. The van der Waals surface area contributed by atoms with Gasteiger partial charge in [-0.15, -0.1) is 12.4 Å². The molecule has 0 aromatic heterocycles. The number of benzene rings is 1. The van der Waals surface area contributed by atoms with Gasteiger partial charge in [-0.2, -0.15) is 0 Å². The SMILES string of the molecule is CC(C)(F)CCNC(=O)Nc1ccc(N)cc1.Cl. The highest BCUT2D eigenvalue weighted by molar-refractivity contribution is 5.89. The minimum atomic E-state index is -1.27. The van der Waals surface area contributed by atoms with Gasteiger partial charge in [0.15, 0.2) is 0 Å². The third kappa shape index (κ3) is 6.96. The number of nitrogen functional groups attached to an aromatic ring is 1. The topological polar surface area (TPSA) is 67.2 Å². The molecule has 0 aliphatic rings. The Bertz CT molecular complexity index is 376. The van der Waals surface area contributed by atoms with Crippen molar-refractivity contribution in [3.8, 4) is 0 Å². The number of carbonyl (C=O) groups excluding carboxylic acids is 1. The van der Waals surface area contributed by atoms with Crippen LogP contribution in [0.1, 0.15) is 20.3 Å². The monoisotopic (exact) mass is 275 g/mol. The van der Waals surface area contributed by atoms with E-state index in [1.165, 1.54) is 13.8 Å². The Morgan fingerprint density at radius 2 is 1.89 bits per heavy atom. The summed E-state index contributed by atoms with van der Waals surface area (Å²) in [7, 11) is 0. The Balaban J connectivity index is 0.00000289. The summed E-state index contributed by atoms with van der Waals surface area (Å²) in [4.78, 5) is 11.4. The third-order valence-corrected chi connectivity index (χ3v) is 2.17. The van der Waals surface area contributed by atoms with Gasteiger partial charge >= 0.3 is 6.03 Å². The molecule has 0 unspecified atom stereocenters. The third-order valence-electron chi connectivity index (χ3n) is 2.17. The number of carbonyl (C=O) groups is 1. The van der Waals surface area contributed by atoms with Crippen LogP contribution in [0.2, 0.25) is 0 Å². The van der Waals surface area contributed by atoms with E-state index in [9.17, 15) is 9.18 Å². The van der Waals surface area contributed by atoms with Crippen LogP contribution in [0.4, 0.5) is 20.6 Å². The quantitative estimate of drug-likeness (QED) is 0.740. The molecule has 0 fully saturated rings. The second kappa shape index (κ2) is 7.06. The maximum atomic E-state index is 13.1. The van der Waals surface area contributed by atoms with Gasteiger partial charge in [0.1, 0.15) is 5.67 Å². The summed E-state index contributed by atoms with van der Waals surface area (Å²) in [5.41, 5.74) is 5.53. The normalized spacial score (nSPS) is 10.4. The Kier molecular flexibility index (Phi) is 6.47. The Morgan fingerprint density at radius 1 is 1.33 bits per heavy atom. The van der Waals surface area contributed by atoms with Gasteiger partial charge in [-0.3, -0.25) is 0 Å². The van der Waals surface area contributed by atoms with Crippen LogP contribution in [0.25, 0.3) is 0 Å². The van der Waals surface area contributed by atoms with Gasteiger partial charge in [0.05, 0.1) is 0 Å². The number of amides is 2. The van der Waals surface area contributed by atoms with Gasteiger partial charge in [-0.25, -0.2) is 9.18 Å². The van der Waals surface area contributed by atoms with Crippen molar-refractivity contribution in [3.63, 3.8) is 0 Å². The highest BCUT2D eigenvalue weighted by Gasteiger charge is 2.14. The van der Waals surface area contributed by atoms with E-state index < -0.39 is 5.67 Å². The van der Waals surface area contributed by atoms with E-state index >= 15 is 0 Å². The second-order valence-corrected chi connectivity index (χ2v) is 4.47. The Labute approximate surface area is 113 Å². The molecule has 1 rings (SSSR count). The van der Waals surface area contributed by atoms with Gasteiger partial charge in [-0.1, -0.05) is 0 Å². The summed E-state index contributed by atoms with van der Waals surface area (Å²) in [5.74, 6) is 0. The smallest absolute Gasteiger partial charge is 0.319 e. The van der Waals surface area contributed by atoms with Crippen LogP contribution < -0.4 is 16.4 Å². The fourth-order valence-electron chi connectivity index (χ4n) is 1.22. The molecule has 2 amide bonds. The van der Waals surface area contributed by atoms with Crippen molar-refractivity contribution in [2.24, 2.45) is 0 Å². The lowest BCUT2D eigenvalue weighted by Gasteiger charge is -2.14. The first kappa shape index (κ1) is 16.5. The van der Waals surface area contributed by atoms with E-state index in [4.69, 9.17) is 5.73 Å². The van der Waals surface area contributed by atoms with E-state index in [0.29, 0.717) is 17.9 Å². The number of rotatable bonds is 4. The largest absolute Gasteiger partial charge is 0.399 e. The first-order valence-corrected chi connectivity index (χ1v) is 5.46. The minimum Gasteiger partial charge on any atom is -0.399 e. The molecule has 1 aromatic rings. The fourth-order valence-corrected chi connectivity index (χ4v) is 1.22. The Morgan fingerprint density at radius 3 is 2.39 bits per heavy atom. The molecular formula is C12H19ClFN3O. The molecule has 4 N–H and O–H groups in total. The second-order valence-electron chi connectivity index (χ2n) is 4.47. The van der Waals surface area contributed by atoms with Crippen molar-refractivity contribution in [3.05, 3.63) is 24.3 Å².